The second kappa shape index (κ2) is 11.7. The Morgan fingerprint density at radius 2 is 1.38 bits per heavy atom. The molecule has 1 atom stereocenters. The summed E-state index contributed by atoms with van der Waals surface area (Å²) in [6.07, 6.45) is 4.14. The van der Waals surface area contributed by atoms with E-state index in [1.165, 1.54) is 0 Å². The second-order valence-corrected chi connectivity index (χ2v) is 5.95. The zero-order valence-corrected chi connectivity index (χ0v) is 15.1. The third kappa shape index (κ3) is 6.34. The fraction of sp³-hybridized carbons (Fsp3) is 0.600. The minimum absolute atomic E-state index is 0.227. The molecule has 0 aliphatic heterocycles. The summed E-state index contributed by atoms with van der Waals surface area (Å²) in [5, 5.41) is 0. The van der Waals surface area contributed by atoms with Gasteiger partial charge in [0.05, 0.1) is 13.2 Å². The van der Waals surface area contributed by atoms with Crippen molar-refractivity contribution < 1.29 is 19.1 Å². The fourth-order valence-corrected chi connectivity index (χ4v) is 2.60. The van der Waals surface area contributed by atoms with E-state index in [9.17, 15) is 9.59 Å². The van der Waals surface area contributed by atoms with Crippen molar-refractivity contribution in [3.63, 3.8) is 0 Å². The summed E-state index contributed by atoms with van der Waals surface area (Å²) in [5.74, 6) is -2.07. The van der Waals surface area contributed by atoms with Gasteiger partial charge in [-0.15, -0.1) is 0 Å². The molecule has 134 valence electrons. The van der Waals surface area contributed by atoms with Crippen LogP contribution in [0.15, 0.2) is 30.3 Å². The van der Waals surface area contributed by atoms with Gasteiger partial charge in [0.25, 0.3) is 0 Å². The second-order valence-electron chi connectivity index (χ2n) is 5.95. The van der Waals surface area contributed by atoms with E-state index in [2.05, 4.69) is 0 Å². The van der Waals surface area contributed by atoms with Gasteiger partial charge in [-0.25, -0.2) is 0 Å². The molecule has 4 nitrogen and oxygen atoms in total. The van der Waals surface area contributed by atoms with Gasteiger partial charge >= 0.3 is 11.9 Å². The van der Waals surface area contributed by atoms with Gasteiger partial charge in [-0.05, 0) is 24.8 Å². The normalized spacial score (nSPS) is 12.0. The molecule has 0 spiro atoms. The molecule has 4 heteroatoms. The van der Waals surface area contributed by atoms with Crippen LogP contribution in [0.5, 0.6) is 0 Å². The topological polar surface area (TPSA) is 52.6 Å². The Morgan fingerprint density at radius 3 is 1.79 bits per heavy atom. The standard InChI is InChI=1S/C20H30O4/c1-4-7-14-23-19(21)18(20(22)24-15-8-5-2)17(6-3)16-12-10-9-11-13-16/h9-13,17-18H,4-8,14-15H2,1-3H3. The third-order valence-corrected chi connectivity index (χ3v) is 4.06. The SMILES string of the molecule is CCCCOC(=O)C(C(=O)OCCCC)C(CC)c1ccccc1. The first-order chi connectivity index (χ1) is 11.7. The van der Waals surface area contributed by atoms with Gasteiger partial charge in [-0.2, -0.15) is 0 Å². The van der Waals surface area contributed by atoms with Crippen LogP contribution in [0.4, 0.5) is 0 Å². The summed E-state index contributed by atoms with van der Waals surface area (Å²) in [4.78, 5) is 25.1. The van der Waals surface area contributed by atoms with E-state index in [0.29, 0.717) is 19.6 Å². The summed E-state index contributed by atoms with van der Waals surface area (Å²) < 4.78 is 10.7. The molecule has 0 N–H and O–H groups in total. The molecule has 0 saturated carbocycles. The molecule has 0 bridgehead atoms. The Morgan fingerprint density at radius 1 is 0.875 bits per heavy atom. The summed E-state index contributed by atoms with van der Waals surface area (Å²) >= 11 is 0. The van der Waals surface area contributed by atoms with Crippen LogP contribution in [-0.4, -0.2) is 25.2 Å². The Hall–Kier alpha value is -1.84. The molecule has 0 aliphatic carbocycles. The van der Waals surface area contributed by atoms with Gasteiger partial charge in [-0.1, -0.05) is 63.9 Å². The number of carbonyl (C=O) groups is 2. The molecule has 0 radical (unpaired) electrons. The first-order valence-corrected chi connectivity index (χ1v) is 9.03. The largest absolute Gasteiger partial charge is 0.465 e. The molecular weight excluding hydrogens is 304 g/mol. The van der Waals surface area contributed by atoms with Crippen molar-refractivity contribution >= 4 is 11.9 Å². The van der Waals surface area contributed by atoms with Gasteiger partial charge in [-0.3, -0.25) is 9.59 Å². The van der Waals surface area contributed by atoms with Gasteiger partial charge < -0.3 is 9.47 Å². The molecule has 1 aromatic carbocycles. The van der Waals surface area contributed by atoms with E-state index in [-0.39, 0.29) is 5.92 Å². The van der Waals surface area contributed by atoms with Crippen LogP contribution in [0.25, 0.3) is 0 Å². The lowest BCUT2D eigenvalue weighted by Crippen LogP contribution is -2.33. The summed E-state index contributed by atoms with van der Waals surface area (Å²) in [5.41, 5.74) is 0.963. The maximum atomic E-state index is 12.5. The van der Waals surface area contributed by atoms with Crippen molar-refractivity contribution in [1.82, 2.24) is 0 Å². The van der Waals surface area contributed by atoms with Crippen molar-refractivity contribution in [3.05, 3.63) is 35.9 Å². The Balaban J connectivity index is 2.92. The lowest BCUT2D eigenvalue weighted by Gasteiger charge is -2.24. The van der Waals surface area contributed by atoms with Gasteiger partial charge in [0.2, 0.25) is 0 Å². The summed E-state index contributed by atoms with van der Waals surface area (Å²) in [6, 6.07) is 9.64. The predicted molar refractivity (Wildman–Crippen MR) is 94.7 cm³/mol. The number of benzene rings is 1. The van der Waals surface area contributed by atoms with E-state index in [1.54, 1.807) is 0 Å². The number of rotatable bonds is 11. The van der Waals surface area contributed by atoms with E-state index < -0.39 is 17.9 Å². The Bertz CT molecular complexity index is 462. The highest BCUT2D eigenvalue weighted by atomic mass is 16.6. The van der Waals surface area contributed by atoms with Crippen molar-refractivity contribution in [1.29, 1.82) is 0 Å². The van der Waals surface area contributed by atoms with Crippen molar-refractivity contribution in [3.8, 4) is 0 Å². The maximum absolute atomic E-state index is 12.5. The zero-order valence-electron chi connectivity index (χ0n) is 15.1. The minimum atomic E-state index is -0.897. The first-order valence-electron chi connectivity index (χ1n) is 9.03. The van der Waals surface area contributed by atoms with E-state index in [4.69, 9.17) is 9.47 Å². The molecule has 1 unspecified atom stereocenters. The van der Waals surface area contributed by atoms with E-state index in [1.807, 2.05) is 51.1 Å². The van der Waals surface area contributed by atoms with Gasteiger partial charge in [0.1, 0.15) is 0 Å². The molecule has 0 heterocycles. The van der Waals surface area contributed by atoms with Crippen LogP contribution < -0.4 is 0 Å². The maximum Gasteiger partial charge on any atom is 0.320 e. The van der Waals surface area contributed by atoms with Crippen molar-refractivity contribution in [2.24, 2.45) is 5.92 Å². The predicted octanol–water partition coefficient (Wildman–Crippen LogP) is 4.48. The molecule has 0 aromatic heterocycles. The number of carbonyl (C=O) groups excluding carboxylic acids is 2. The quantitative estimate of drug-likeness (QED) is 0.340. The van der Waals surface area contributed by atoms with Crippen LogP contribution in [0.2, 0.25) is 0 Å². The molecule has 0 amide bonds. The van der Waals surface area contributed by atoms with Crippen LogP contribution >= 0.6 is 0 Å². The lowest BCUT2D eigenvalue weighted by molar-refractivity contribution is -0.163. The van der Waals surface area contributed by atoms with Crippen LogP contribution in [0, 0.1) is 5.92 Å². The first kappa shape index (κ1) is 20.2. The third-order valence-electron chi connectivity index (χ3n) is 4.06. The monoisotopic (exact) mass is 334 g/mol. The highest BCUT2D eigenvalue weighted by Crippen LogP contribution is 2.30. The average Bonchev–Trinajstić information content (AvgIpc) is 2.60. The summed E-state index contributed by atoms with van der Waals surface area (Å²) in [6.45, 7) is 6.73. The Labute approximate surface area is 145 Å². The molecule has 1 rings (SSSR count). The molecule has 0 fully saturated rings. The average molecular weight is 334 g/mol. The highest BCUT2D eigenvalue weighted by molar-refractivity contribution is 5.96. The molecule has 0 aliphatic rings. The number of unbranched alkanes of at least 4 members (excludes halogenated alkanes) is 2. The van der Waals surface area contributed by atoms with Crippen molar-refractivity contribution in [2.45, 2.75) is 58.8 Å². The highest BCUT2D eigenvalue weighted by Gasteiger charge is 2.37. The smallest absolute Gasteiger partial charge is 0.320 e. The number of hydrogen-bond donors (Lipinski definition) is 0. The number of esters is 2. The van der Waals surface area contributed by atoms with Crippen LogP contribution in [0.3, 0.4) is 0 Å². The fourth-order valence-electron chi connectivity index (χ4n) is 2.60. The molecule has 24 heavy (non-hydrogen) atoms. The molecule has 1 aromatic rings. The van der Waals surface area contributed by atoms with E-state index in [0.717, 1.165) is 31.2 Å². The molecule has 0 saturated heterocycles. The Kier molecular flexibility index (Phi) is 9.81. The number of hydrogen-bond acceptors (Lipinski definition) is 4. The van der Waals surface area contributed by atoms with Gasteiger partial charge in [0.15, 0.2) is 5.92 Å². The zero-order chi connectivity index (χ0) is 17.8. The van der Waals surface area contributed by atoms with Crippen LogP contribution in [0.1, 0.15) is 64.4 Å². The lowest BCUT2D eigenvalue weighted by atomic mass is 9.84. The summed E-state index contributed by atoms with van der Waals surface area (Å²) in [7, 11) is 0. The molecular formula is C20H30O4. The van der Waals surface area contributed by atoms with E-state index >= 15 is 0 Å². The van der Waals surface area contributed by atoms with Crippen molar-refractivity contribution in [2.75, 3.05) is 13.2 Å². The van der Waals surface area contributed by atoms with Crippen LogP contribution in [-0.2, 0) is 19.1 Å². The minimum Gasteiger partial charge on any atom is -0.465 e. The number of ether oxygens (including phenoxy) is 2. The van der Waals surface area contributed by atoms with Gasteiger partial charge in [0, 0.05) is 5.92 Å².